The number of piperidine rings is 1. The summed E-state index contributed by atoms with van der Waals surface area (Å²) in [5, 5.41) is 9.82. The maximum absolute atomic E-state index is 4.72. The molecule has 1 saturated heterocycles. The predicted molar refractivity (Wildman–Crippen MR) is 145 cm³/mol. The third kappa shape index (κ3) is 4.15. The van der Waals surface area contributed by atoms with Gasteiger partial charge in [-0.3, -0.25) is 29.9 Å². The zero-order valence-corrected chi connectivity index (χ0v) is 20.4. The lowest BCUT2D eigenvalue weighted by atomic mass is 10.1. The van der Waals surface area contributed by atoms with Gasteiger partial charge in [0.15, 0.2) is 0 Å². The zero-order valence-electron chi connectivity index (χ0n) is 20.4. The van der Waals surface area contributed by atoms with E-state index in [4.69, 9.17) is 4.98 Å². The summed E-state index contributed by atoms with van der Waals surface area (Å²) in [7, 11) is 0. The van der Waals surface area contributed by atoms with Crippen molar-refractivity contribution >= 4 is 21.8 Å². The summed E-state index contributed by atoms with van der Waals surface area (Å²) < 4.78 is 0. The Morgan fingerprint density at radius 1 is 0.757 bits per heavy atom. The number of fused-ring (bicyclic) bond motifs is 2. The number of nitrogens with one attached hydrogen (secondary N) is 2. The maximum Gasteiger partial charge on any atom is 0.116 e. The minimum atomic E-state index is 0.851. The van der Waals surface area contributed by atoms with Crippen LogP contribution in [-0.4, -0.2) is 53.1 Å². The Morgan fingerprint density at radius 3 is 2.54 bits per heavy atom. The molecule has 0 aliphatic carbocycles. The van der Waals surface area contributed by atoms with E-state index in [1.807, 2.05) is 49.2 Å². The number of hydrogen-bond donors (Lipinski definition) is 2. The molecule has 7 rings (SSSR count). The standard InChI is InChI=1S/C29H26N8/c1-2-9-37(10-3-1)18-19-11-21(16-31-14-19)25-12-23-27(17-33-25)35-36-29(23)26-13-22-24(34-26)6-8-32-28(22)20-5-4-7-30-15-20/h4-8,11-17,34H,1-3,9-10,18H2,(H,35,36). The third-order valence-corrected chi connectivity index (χ3v) is 7.13. The summed E-state index contributed by atoms with van der Waals surface area (Å²) in [6.07, 6.45) is 15.0. The highest BCUT2D eigenvalue weighted by molar-refractivity contribution is 6.00. The highest BCUT2D eigenvalue weighted by atomic mass is 15.1. The molecule has 6 aromatic heterocycles. The molecule has 0 unspecified atom stereocenters. The van der Waals surface area contributed by atoms with E-state index in [1.54, 1.807) is 6.20 Å². The Morgan fingerprint density at radius 2 is 1.65 bits per heavy atom. The molecule has 0 amide bonds. The molecule has 182 valence electrons. The lowest BCUT2D eigenvalue weighted by Gasteiger charge is -2.26. The molecule has 0 saturated carbocycles. The predicted octanol–water partition coefficient (Wildman–Crippen LogP) is 5.61. The van der Waals surface area contributed by atoms with E-state index >= 15 is 0 Å². The first-order chi connectivity index (χ1) is 18.3. The van der Waals surface area contributed by atoms with E-state index in [0.29, 0.717) is 0 Å². The average Bonchev–Trinajstić information content (AvgIpc) is 3.58. The van der Waals surface area contributed by atoms with E-state index in [1.165, 1.54) is 24.8 Å². The van der Waals surface area contributed by atoms with Crippen molar-refractivity contribution in [3.8, 4) is 33.9 Å². The van der Waals surface area contributed by atoms with Crippen LogP contribution in [0.25, 0.3) is 55.7 Å². The summed E-state index contributed by atoms with van der Waals surface area (Å²) in [4.78, 5) is 24.2. The van der Waals surface area contributed by atoms with Gasteiger partial charge in [-0.2, -0.15) is 5.10 Å². The molecule has 8 nitrogen and oxygen atoms in total. The normalized spacial score (nSPS) is 14.5. The van der Waals surface area contributed by atoms with E-state index < -0.39 is 0 Å². The van der Waals surface area contributed by atoms with Crippen LogP contribution in [0, 0.1) is 0 Å². The molecule has 8 heteroatoms. The summed E-state index contributed by atoms with van der Waals surface area (Å²) in [6.45, 7) is 3.26. The van der Waals surface area contributed by atoms with E-state index in [2.05, 4.69) is 53.2 Å². The average molecular weight is 487 g/mol. The minimum absolute atomic E-state index is 0.851. The molecule has 0 atom stereocenters. The quantitative estimate of drug-likeness (QED) is 0.329. The Balaban J connectivity index is 1.26. The van der Waals surface area contributed by atoms with Gasteiger partial charge in [0, 0.05) is 64.9 Å². The Labute approximate surface area is 213 Å². The van der Waals surface area contributed by atoms with Crippen molar-refractivity contribution in [1.82, 2.24) is 40.0 Å². The number of pyridine rings is 4. The molecule has 0 bridgehead atoms. The van der Waals surface area contributed by atoms with Gasteiger partial charge in [-0.05, 0) is 67.9 Å². The fourth-order valence-electron chi connectivity index (χ4n) is 5.28. The van der Waals surface area contributed by atoms with Crippen LogP contribution in [-0.2, 0) is 6.54 Å². The third-order valence-electron chi connectivity index (χ3n) is 7.13. The Kier molecular flexibility index (Phi) is 5.44. The molecule has 37 heavy (non-hydrogen) atoms. The van der Waals surface area contributed by atoms with Crippen LogP contribution in [0.3, 0.4) is 0 Å². The number of rotatable bonds is 5. The molecule has 2 N–H and O–H groups in total. The topological polar surface area (TPSA) is 99.3 Å². The maximum atomic E-state index is 4.72. The van der Waals surface area contributed by atoms with Crippen molar-refractivity contribution in [3.63, 3.8) is 0 Å². The smallest absolute Gasteiger partial charge is 0.116 e. The van der Waals surface area contributed by atoms with Gasteiger partial charge in [-0.25, -0.2) is 0 Å². The van der Waals surface area contributed by atoms with Gasteiger partial charge in [0.05, 0.1) is 28.8 Å². The highest BCUT2D eigenvalue weighted by Crippen LogP contribution is 2.33. The first-order valence-electron chi connectivity index (χ1n) is 12.7. The van der Waals surface area contributed by atoms with Gasteiger partial charge >= 0.3 is 0 Å². The van der Waals surface area contributed by atoms with E-state index in [-0.39, 0.29) is 0 Å². The van der Waals surface area contributed by atoms with E-state index in [9.17, 15) is 0 Å². The SMILES string of the molecule is c1cncc(-c2nccc3[nH]c(-c4n[nH]c5cnc(-c6cncc(CN7CCCCC7)c6)cc45)cc23)c1. The number of aromatic amines is 2. The lowest BCUT2D eigenvalue weighted by Crippen LogP contribution is -2.29. The van der Waals surface area contributed by atoms with Crippen molar-refractivity contribution in [1.29, 1.82) is 0 Å². The zero-order chi connectivity index (χ0) is 24.6. The first-order valence-corrected chi connectivity index (χ1v) is 12.7. The second-order valence-corrected chi connectivity index (χ2v) is 9.65. The molecule has 6 aromatic rings. The molecular formula is C29H26N8. The fraction of sp³-hybridized carbons (Fsp3) is 0.207. The monoisotopic (exact) mass is 486 g/mol. The molecule has 1 aliphatic rings. The van der Waals surface area contributed by atoms with Crippen molar-refractivity contribution < 1.29 is 0 Å². The Hall–Kier alpha value is -4.43. The summed E-state index contributed by atoms with van der Waals surface area (Å²) >= 11 is 0. The van der Waals surface area contributed by atoms with Crippen LogP contribution >= 0.6 is 0 Å². The number of likely N-dealkylation sites (tertiary alicyclic amines) is 1. The van der Waals surface area contributed by atoms with Crippen LogP contribution in [0.1, 0.15) is 24.8 Å². The van der Waals surface area contributed by atoms with Crippen molar-refractivity contribution in [2.75, 3.05) is 13.1 Å². The van der Waals surface area contributed by atoms with Crippen molar-refractivity contribution in [2.24, 2.45) is 0 Å². The van der Waals surface area contributed by atoms with Crippen LogP contribution in [0.15, 0.2) is 73.6 Å². The molecule has 1 fully saturated rings. The number of aromatic nitrogens is 7. The minimum Gasteiger partial charge on any atom is -0.353 e. The fourth-order valence-corrected chi connectivity index (χ4v) is 5.28. The largest absolute Gasteiger partial charge is 0.353 e. The lowest BCUT2D eigenvalue weighted by molar-refractivity contribution is 0.220. The van der Waals surface area contributed by atoms with Crippen LogP contribution < -0.4 is 0 Å². The van der Waals surface area contributed by atoms with E-state index in [0.717, 1.165) is 75.3 Å². The van der Waals surface area contributed by atoms with Gasteiger partial charge in [0.2, 0.25) is 0 Å². The second kappa shape index (κ2) is 9.22. The number of H-pyrrole nitrogens is 2. The molecule has 0 aromatic carbocycles. The second-order valence-electron chi connectivity index (χ2n) is 9.65. The molecular weight excluding hydrogens is 460 g/mol. The van der Waals surface area contributed by atoms with Gasteiger partial charge in [-0.15, -0.1) is 0 Å². The van der Waals surface area contributed by atoms with Gasteiger partial charge < -0.3 is 4.98 Å². The number of nitrogens with zero attached hydrogens (tertiary/aromatic N) is 6. The molecule has 1 aliphatic heterocycles. The summed E-state index contributed by atoms with van der Waals surface area (Å²) in [6, 6.07) is 12.4. The summed E-state index contributed by atoms with van der Waals surface area (Å²) in [5.74, 6) is 0. The first kappa shape index (κ1) is 21.8. The summed E-state index contributed by atoms with van der Waals surface area (Å²) in [5.41, 5.74) is 8.67. The molecule has 0 radical (unpaired) electrons. The van der Waals surface area contributed by atoms with Crippen LogP contribution in [0.5, 0.6) is 0 Å². The van der Waals surface area contributed by atoms with Gasteiger partial charge in [0.25, 0.3) is 0 Å². The van der Waals surface area contributed by atoms with Crippen molar-refractivity contribution in [3.05, 3.63) is 79.1 Å². The Bertz CT molecular complexity index is 1700. The van der Waals surface area contributed by atoms with Gasteiger partial charge in [-0.1, -0.05) is 6.42 Å². The van der Waals surface area contributed by atoms with Gasteiger partial charge in [0.1, 0.15) is 5.69 Å². The highest BCUT2D eigenvalue weighted by Gasteiger charge is 2.16. The van der Waals surface area contributed by atoms with Crippen molar-refractivity contribution in [2.45, 2.75) is 25.8 Å². The molecule has 7 heterocycles. The van der Waals surface area contributed by atoms with Crippen LogP contribution in [0.2, 0.25) is 0 Å². The van der Waals surface area contributed by atoms with Crippen LogP contribution in [0.4, 0.5) is 0 Å². The number of hydrogen-bond acceptors (Lipinski definition) is 6. The molecule has 0 spiro atoms.